The maximum Gasteiger partial charge on any atom is 0.327 e. The third-order valence-electron chi connectivity index (χ3n) is 6.67. The van der Waals surface area contributed by atoms with Gasteiger partial charge in [0.25, 0.3) is 5.91 Å². The molecule has 29 heavy (non-hydrogen) atoms. The van der Waals surface area contributed by atoms with Gasteiger partial charge >= 0.3 is 12.0 Å². The van der Waals surface area contributed by atoms with E-state index in [-0.39, 0.29) is 11.9 Å². The molecule has 1 aromatic carbocycles. The summed E-state index contributed by atoms with van der Waals surface area (Å²) in [5.41, 5.74) is 0.224. The van der Waals surface area contributed by atoms with Gasteiger partial charge < -0.3 is 14.2 Å². The van der Waals surface area contributed by atoms with Crippen LogP contribution in [-0.4, -0.2) is 57.6 Å². The lowest BCUT2D eigenvalue weighted by Crippen LogP contribution is -2.56. The molecule has 0 unspecified atom stereocenters. The summed E-state index contributed by atoms with van der Waals surface area (Å²) in [6.07, 6.45) is 4.55. The molecule has 3 amide bonds. The minimum atomic E-state index is -0.797. The lowest BCUT2D eigenvalue weighted by atomic mass is 9.85. The van der Waals surface area contributed by atoms with Crippen LogP contribution in [0.3, 0.4) is 0 Å². The number of amides is 3. The van der Waals surface area contributed by atoms with Crippen molar-refractivity contribution >= 4 is 18.0 Å². The fraction of sp³-hybridized carbons (Fsp3) is 0.524. The third kappa shape index (κ3) is 2.89. The van der Waals surface area contributed by atoms with Crippen LogP contribution in [0.5, 0.6) is 0 Å². The zero-order chi connectivity index (χ0) is 20.0. The zero-order valence-corrected chi connectivity index (χ0v) is 16.6. The molecule has 3 aliphatic rings. The van der Waals surface area contributed by atoms with Crippen LogP contribution < -0.4 is 4.90 Å². The highest BCUT2D eigenvalue weighted by atomic mass is 16.4. The lowest BCUT2D eigenvalue weighted by Gasteiger charge is -2.41. The van der Waals surface area contributed by atoms with Crippen LogP contribution in [0.2, 0.25) is 0 Å². The van der Waals surface area contributed by atoms with Gasteiger partial charge in [0.2, 0.25) is 5.89 Å². The Kier molecular flexibility index (Phi) is 4.29. The van der Waals surface area contributed by atoms with E-state index in [1.54, 1.807) is 11.9 Å². The number of nitrogens with zero attached hydrogens (tertiary/aromatic N) is 5. The maximum absolute atomic E-state index is 13.1. The van der Waals surface area contributed by atoms with Crippen molar-refractivity contribution in [1.29, 1.82) is 0 Å². The van der Waals surface area contributed by atoms with Gasteiger partial charge in [0.1, 0.15) is 5.54 Å². The van der Waals surface area contributed by atoms with Gasteiger partial charge in [0.15, 0.2) is 0 Å². The Balaban J connectivity index is 1.34. The molecule has 3 heterocycles. The number of imide groups is 1. The molecule has 0 atom stereocenters. The molecule has 2 aliphatic heterocycles. The standard InChI is InChI=1S/C21H25N5O3/c1-24-18(27)21(26(20(24)28)14-15-6-3-2-4-7-15)10-12-25(13-11-21)19-23-22-17(29-19)16-8-5-9-16/h2-4,6-7,16H,5,8-14H2,1H3. The van der Waals surface area contributed by atoms with E-state index >= 15 is 0 Å². The summed E-state index contributed by atoms with van der Waals surface area (Å²) in [6, 6.07) is 10.1. The van der Waals surface area contributed by atoms with Gasteiger partial charge in [-0.1, -0.05) is 41.9 Å². The van der Waals surface area contributed by atoms with E-state index in [2.05, 4.69) is 10.2 Å². The predicted octanol–water partition coefficient (Wildman–Crippen LogP) is 2.77. The highest BCUT2D eigenvalue weighted by Crippen LogP contribution is 2.40. The topological polar surface area (TPSA) is 82.8 Å². The SMILES string of the molecule is CN1C(=O)N(Cc2ccccc2)C2(CCN(c3nnc(C4CCC4)o3)CC2)C1=O. The van der Waals surface area contributed by atoms with E-state index in [0.717, 1.165) is 24.3 Å². The monoisotopic (exact) mass is 395 g/mol. The lowest BCUT2D eigenvalue weighted by molar-refractivity contribution is -0.133. The van der Waals surface area contributed by atoms with E-state index in [9.17, 15) is 9.59 Å². The first-order valence-electron chi connectivity index (χ1n) is 10.3. The fourth-order valence-corrected chi connectivity index (χ4v) is 4.59. The van der Waals surface area contributed by atoms with Crippen molar-refractivity contribution < 1.29 is 14.0 Å². The second-order valence-electron chi connectivity index (χ2n) is 8.29. The molecule has 3 fully saturated rings. The largest absolute Gasteiger partial charge is 0.408 e. The molecule has 152 valence electrons. The Hall–Kier alpha value is -2.90. The summed E-state index contributed by atoms with van der Waals surface area (Å²) in [5, 5.41) is 8.44. The van der Waals surface area contributed by atoms with E-state index < -0.39 is 5.54 Å². The van der Waals surface area contributed by atoms with Gasteiger partial charge in [-0.3, -0.25) is 9.69 Å². The summed E-state index contributed by atoms with van der Waals surface area (Å²) in [6.45, 7) is 1.64. The molecule has 8 nitrogen and oxygen atoms in total. The highest BCUT2D eigenvalue weighted by molar-refractivity contribution is 6.06. The Morgan fingerprint density at radius 1 is 1.10 bits per heavy atom. The molecule has 0 radical (unpaired) electrons. The normalized spacial score (nSPS) is 21.9. The summed E-state index contributed by atoms with van der Waals surface area (Å²) < 4.78 is 5.90. The minimum absolute atomic E-state index is 0.112. The van der Waals surface area contributed by atoms with E-state index in [0.29, 0.717) is 44.4 Å². The quantitative estimate of drug-likeness (QED) is 0.741. The van der Waals surface area contributed by atoms with Gasteiger partial charge in [-0.2, -0.15) is 0 Å². The van der Waals surface area contributed by atoms with Crippen LogP contribution in [-0.2, 0) is 11.3 Å². The first-order chi connectivity index (χ1) is 14.1. The number of carbonyl (C=O) groups excluding carboxylic acids is 2. The fourth-order valence-electron chi connectivity index (χ4n) is 4.59. The number of anilines is 1. The van der Waals surface area contributed by atoms with E-state index in [1.807, 2.05) is 35.2 Å². The molecular weight excluding hydrogens is 370 g/mol. The Morgan fingerprint density at radius 3 is 2.48 bits per heavy atom. The third-order valence-corrected chi connectivity index (χ3v) is 6.67. The smallest absolute Gasteiger partial charge is 0.327 e. The molecule has 1 aliphatic carbocycles. The van der Waals surface area contributed by atoms with Crippen molar-refractivity contribution in [3.05, 3.63) is 41.8 Å². The number of piperidine rings is 1. The first-order valence-corrected chi connectivity index (χ1v) is 10.3. The van der Waals surface area contributed by atoms with Crippen LogP contribution in [0.4, 0.5) is 10.8 Å². The van der Waals surface area contributed by atoms with Crippen molar-refractivity contribution in [3.8, 4) is 0 Å². The molecule has 1 aromatic heterocycles. The number of aromatic nitrogens is 2. The first kappa shape index (κ1) is 18.1. The van der Waals surface area contributed by atoms with Crippen molar-refractivity contribution in [3.63, 3.8) is 0 Å². The predicted molar refractivity (Wildman–Crippen MR) is 105 cm³/mol. The molecule has 5 rings (SSSR count). The summed E-state index contributed by atoms with van der Waals surface area (Å²) >= 11 is 0. The Bertz CT molecular complexity index is 915. The molecular formula is C21H25N5O3. The second kappa shape index (κ2) is 6.86. The van der Waals surface area contributed by atoms with Crippen molar-refractivity contribution in [2.24, 2.45) is 0 Å². The second-order valence-corrected chi connectivity index (χ2v) is 8.29. The molecule has 1 saturated carbocycles. The van der Waals surface area contributed by atoms with Gasteiger partial charge in [0, 0.05) is 32.6 Å². The summed E-state index contributed by atoms with van der Waals surface area (Å²) in [4.78, 5) is 31.0. The van der Waals surface area contributed by atoms with Gasteiger partial charge in [-0.25, -0.2) is 4.79 Å². The van der Waals surface area contributed by atoms with Crippen LogP contribution in [0.15, 0.2) is 34.7 Å². The number of rotatable bonds is 4. The number of hydrogen-bond donors (Lipinski definition) is 0. The molecule has 2 saturated heterocycles. The number of benzene rings is 1. The average molecular weight is 395 g/mol. The van der Waals surface area contributed by atoms with Gasteiger partial charge in [-0.15, -0.1) is 5.10 Å². The Labute approximate surface area is 169 Å². The molecule has 8 heteroatoms. The van der Waals surface area contributed by atoms with E-state index in [4.69, 9.17) is 4.42 Å². The average Bonchev–Trinajstić information content (AvgIpc) is 3.24. The van der Waals surface area contributed by atoms with Crippen molar-refractivity contribution in [1.82, 2.24) is 20.0 Å². The molecule has 0 N–H and O–H groups in total. The number of hydrogen-bond acceptors (Lipinski definition) is 6. The molecule has 0 bridgehead atoms. The Morgan fingerprint density at radius 2 is 1.83 bits per heavy atom. The highest BCUT2D eigenvalue weighted by Gasteiger charge is 2.57. The van der Waals surface area contributed by atoms with Crippen LogP contribution >= 0.6 is 0 Å². The van der Waals surface area contributed by atoms with Crippen LogP contribution in [0.1, 0.15) is 49.5 Å². The van der Waals surface area contributed by atoms with Crippen LogP contribution in [0, 0.1) is 0 Å². The summed E-state index contributed by atoms with van der Waals surface area (Å²) in [5.74, 6) is 1.01. The number of likely N-dealkylation sites (N-methyl/N-ethyl adjacent to an activating group) is 1. The number of urea groups is 1. The minimum Gasteiger partial charge on any atom is -0.408 e. The van der Waals surface area contributed by atoms with Crippen molar-refractivity contribution in [2.45, 2.75) is 50.1 Å². The number of carbonyl (C=O) groups is 2. The molecule has 2 aromatic rings. The van der Waals surface area contributed by atoms with Crippen LogP contribution in [0.25, 0.3) is 0 Å². The summed E-state index contributed by atoms with van der Waals surface area (Å²) in [7, 11) is 1.58. The zero-order valence-electron chi connectivity index (χ0n) is 16.6. The van der Waals surface area contributed by atoms with E-state index in [1.165, 1.54) is 11.3 Å². The van der Waals surface area contributed by atoms with Gasteiger partial charge in [0.05, 0.1) is 0 Å². The maximum atomic E-state index is 13.1. The van der Waals surface area contributed by atoms with Gasteiger partial charge in [-0.05, 0) is 31.2 Å². The van der Waals surface area contributed by atoms with Crippen molar-refractivity contribution in [2.75, 3.05) is 25.0 Å². The molecule has 1 spiro atoms.